The molecule has 0 saturated heterocycles. The zero-order valence-electron chi connectivity index (χ0n) is 21.4. The number of anilines is 1. The van der Waals surface area contributed by atoms with E-state index in [1.807, 2.05) is 17.0 Å². The van der Waals surface area contributed by atoms with Gasteiger partial charge in [-0.1, -0.05) is 55.7 Å². The van der Waals surface area contributed by atoms with E-state index in [0.29, 0.717) is 24.3 Å². The standard InChI is InChI=1S/C31H40BNO3/c34-30(20-31-17-23-14-24(18-31)16-25(15-23)19-31)33(29-12-10-28(11-13-29)32(35)36)21-22-6-8-27(9-7-22)26-4-2-1-3-5-26/h6-13,23-26,35-36H,1-5,14-21H2. The van der Waals surface area contributed by atoms with Crippen molar-refractivity contribution in [3.05, 3.63) is 59.7 Å². The first-order valence-electron chi connectivity index (χ1n) is 14.3. The molecule has 5 aliphatic rings. The third-order valence-electron chi connectivity index (χ3n) is 9.89. The number of hydrogen-bond donors (Lipinski definition) is 2. The van der Waals surface area contributed by atoms with Crippen molar-refractivity contribution < 1.29 is 14.8 Å². The van der Waals surface area contributed by atoms with E-state index in [9.17, 15) is 14.8 Å². The molecule has 0 unspecified atom stereocenters. The van der Waals surface area contributed by atoms with Crippen LogP contribution in [-0.2, 0) is 11.3 Å². The molecule has 2 aromatic carbocycles. The van der Waals surface area contributed by atoms with E-state index in [1.54, 1.807) is 12.1 Å². The second kappa shape index (κ2) is 9.98. The number of carbonyl (C=O) groups is 1. The van der Waals surface area contributed by atoms with Crippen molar-refractivity contribution in [2.45, 2.75) is 89.5 Å². The van der Waals surface area contributed by atoms with Crippen LogP contribution in [0.2, 0.25) is 0 Å². The summed E-state index contributed by atoms with van der Waals surface area (Å²) in [7, 11) is -1.50. The van der Waals surface area contributed by atoms with Crippen LogP contribution in [0.5, 0.6) is 0 Å². The van der Waals surface area contributed by atoms with Crippen molar-refractivity contribution in [2.75, 3.05) is 4.90 Å². The van der Waals surface area contributed by atoms with Crippen molar-refractivity contribution >= 4 is 24.2 Å². The molecule has 4 bridgehead atoms. The molecular weight excluding hydrogens is 445 g/mol. The SMILES string of the molecule is O=C(CC12CC3CC(CC(C3)C1)C2)N(Cc1ccc(C2CCCCC2)cc1)c1ccc(B(O)O)cc1. The summed E-state index contributed by atoms with van der Waals surface area (Å²) >= 11 is 0. The lowest BCUT2D eigenvalue weighted by Crippen LogP contribution is -2.48. The predicted molar refractivity (Wildman–Crippen MR) is 145 cm³/mol. The maximum atomic E-state index is 14.0. The van der Waals surface area contributed by atoms with E-state index in [4.69, 9.17) is 0 Å². The molecule has 0 spiro atoms. The topological polar surface area (TPSA) is 60.8 Å². The van der Waals surface area contributed by atoms with Gasteiger partial charge >= 0.3 is 7.12 Å². The largest absolute Gasteiger partial charge is 0.488 e. The highest BCUT2D eigenvalue weighted by molar-refractivity contribution is 6.58. The zero-order valence-corrected chi connectivity index (χ0v) is 21.4. The van der Waals surface area contributed by atoms with Crippen molar-refractivity contribution in [3.8, 4) is 0 Å². The highest BCUT2D eigenvalue weighted by Gasteiger charge is 2.51. The molecule has 0 aromatic heterocycles. The van der Waals surface area contributed by atoms with Crippen LogP contribution in [0.25, 0.3) is 0 Å². The average Bonchev–Trinajstić information content (AvgIpc) is 2.87. The first-order chi connectivity index (χ1) is 17.5. The van der Waals surface area contributed by atoms with Gasteiger partial charge in [-0.15, -0.1) is 0 Å². The van der Waals surface area contributed by atoms with Crippen molar-refractivity contribution in [1.29, 1.82) is 0 Å². The van der Waals surface area contributed by atoms with Crippen LogP contribution in [0, 0.1) is 23.2 Å². The van der Waals surface area contributed by atoms with E-state index in [0.717, 1.165) is 29.0 Å². The van der Waals surface area contributed by atoms with Crippen molar-refractivity contribution in [1.82, 2.24) is 0 Å². The molecule has 5 aliphatic carbocycles. The van der Waals surface area contributed by atoms with Gasteiger partial charge in [0.2, 0.25) is 5.91 Å². The maximum Gasteiger partial charge on any atom is 0.488 e. The third-order valence-corrected chi connectivity index (χ3v) is 9.89. The van der Waals surface area contributed by atoms with Gasteiger partial charge in [-0.3, -0.25) is 4.79 Å². The molecule has 0 heterocycles. The van der Waals surface area contributed by atoms with Crippen LogP contribution in [0.15, 0.2) is 48.5 Å². The smallest absolute Gasteiger partial charge is 0.423 e. The lowest BCUT2D eigenvalue weighted by atomic mass is 9.49. The highest BCUT2D eigenvalue weighted by Crippen LogP contribution is 2.61. The first-order valence-corrected chi connectivity index (χ1v) is 14.3. The molecule has 0 atom stereocenters. The van der Waals surface area contributed by atoms with Gasteiger partial charge in [0.1, 0.15) is 0 Å². The van der Waals surface area contributed by atoms with Crippen molar-refractivity contribution in [2.24, 2.45) is 23.2 Å². The van der Waals surface area contributed by atoms with E-state index in [2.05, 4.69) is 24.3 Å². The van der Waals surface area contributed by atoms with Crippen molar-refractivity contribution in [3.63, 3.8) is 0 Å². The quantitative estimate of drug-likeness (QED) is 0.506. The second-order valence-electron chi connectivity index (χ2n) is 12.6. The first kappa shape index (κ1) is 24.2. The van der Waals surface area contributed by atoms with Gasteiger partial charge in [-0.05, 0) is 109 Å². The predicted octanol–water partition coefficient (Wildman–Crippen LogP) is 5.55. The highest BCUT2D eigenvalue weighted by atomic mass is 16.4. The van der Waals surface area contributed by atoms with Crippen LogP contribution < -0.4 is 10.4 Å². The minimum Gasteiger partial charge on any atom is -0.423 e. The fourth-order valence-electron chi connectivity index (χ4n) is 8.59. The zero-order chi connectivity index (χ0) is 24.7. The Morgan fingerprint density at radius 3 is 1.97 bits per heavy atom. The molecule has 5 heteroatoms. The number of hydrogen-bond acceptors (Lipinski definition) is 3. The van der Waals surface area contributed by atoms with Gasteiger partial charge in [-0.2, -0.15) is 0 Å². The Bertz CT molecular complexity index is 1020. The van der Waals surface area contributed by atoms with Crippen LogP contribution >= 0.6 is 0 Å². The fourth-order valence-corrected chi connectivity index (χ4v) is 8.59. The molecule has 5 saturated carbocycles. The summed E-state index contributed by atoms with van der Waals surface area (Å²) in [6, 6.07) is 16.1. The van der Waals surface area contributed by atoms with Gasteiger partial charge in [0.25, 0.3) is 0 Å². The van der Waals surface area contributed by atoms with E-state index < -0.39 is 7.12 Å². The maximum absolute atomic E-state index is 14.0. The van der Waals surface area contributed by atoms with Gasteiger partial charge in [0, 0.05) is 12.1 Å². The summed E-state index contributed by atoms with van der Waals surface area (Å²) < 4.78 is 0. The second-order valence-corrected chi connectivity index (χ2v) is 12.6. The number of carbonyl (C=O) groups excluding carboxylic acids is 1. The summed E-state index contributed by atoms with van der Waals surface area (Å²) in [5.41, 5.74) is 4.07. The Balaban J connectivity index is 1.23. The monoisotopic (exact) mass is 485 g/mol. The summed E-state index contributed by atoms with van der Waals surface area (Å²) in [4.78, 5) is 15.9. The Hall–Kier alpha value is -2.11. The van der Waals surface area contributed by atoms with Gasteiger partial charge in [0.05, 0.1) is 6.54 Å². The summed E-state index contributed by atoms with van der Waals surface area (Å²) in [5, 5.41) is 19.1. The molecule has 5 fully saturated rings. The molecule has 0 aliphatic heterocycles. The molecule has 0 radical (unpaired) electrons. The minimum atomic E-state index is -1.50. The Morgan fingerprint density at radius 2 is 1.42 bits per heavy atom. The Morgan fingerprint density at radius 1 is 0.833 bits per heavy atom. The number of benzene rings is 2. The molecular formula is C31H40BNO3. The Kier molecular flexibility index (Phi) is 6.72. The molecule has 1 amide bonds. The van der Waals surface area contributed by atoms with E-state index in [1.165, 1.54) is 76.2 Å². The van der Waals surface area contributed by atoms with Crippen LogP contribution in [0.3, 0.4) is 0 Å². The summed E-state index contributed by atoms with van der Waals surface area (Å²) in [6.07, 6.45) is 15.1. The lowest BCUT2D eigenvalue weighted by Gasteiger charge is -2.57. The molecule has 36 heavy (non-hydrogen) atoms. The van der Waals surface area contributed by atoms with Crippen LogP contribution in [-0.4, -0.2) is 23.1 Å². The minimum absolute atomic E-state index is 0.191. The average molecular weight is 485 g/mol. The Labute approximate surface area is 216 Å². The van der Waals surface area contributed by atoms with Gasteiger partial charge < -0.3 is 14.9 Å². The van der Waals surface area contributed by atoms with E-state index >= 15 is 0 Å². The number of nitrogens with zero attached hydrogens (tertiary/aromatic N) is 1. The molecule has 2 aromatic rings. The summed E-state index contributed by atoms with van der Waals surface area (Å²) in [5.74, 6) is 3.38. The fraction of sp³-hybridized carbons (Fsp3) is 0.581. The van der Waals surface area contributed by atoms with E-state index in [-0.39, 0.29) is 11.3 Å². The van der Waals surface area contributed by atoms with Crippen LogP contribution in [0.1, 0.15) is 94.1 Å². The van der Waals surface area contributed by atoms with Crippen LogP contribution in [0.4, 0.5) is 5.69 Å². The molecule has 4 nitrogen and oxygen atoms in total. The number of rotatable bonds is 7. The summed E-state index contributed by atoms with van der Waals surface area (Å²) in [6.45, 7) is 0.553. The molecule has 2 N–H and O–H groups in total. The molecule has 7 rings (SSSR count). The number of amides is 1. The normalized spacial score (nSPS) is 29.3. The molecule has 190 valence electrons. The van der Waals surface area contributed by atoms with Gasteiger partial charge in [-0.25, -0.2) is 0 Å². The third kappa shape index (κ3) is 5.02. The lowest BCUT2D eigenvalue weighted by molar-refractivity contribution is -0.127. The van der Waals surface area contributed by atoms with Gasteiger partial charge in [0.15, 0.2) is 0 Å².